The second kappa shape index (κ2) is 9.68. The SMILES string of the molecule is COc1ccc(CCNC(=O)C(=O)Nc2cc(OC)c(Cl)cc2OC)cc1. The first-order valence-electron chi connectivity index (χ1n) is 8.12. The predicted octanol–water partition coefficient (Wildman–Crippen LogP) is 2.66. The van der Waals surface area contributed by atoms with Gasteiger partial charge in [0.25, 0.3) is 0 Å². The van der Waals surface area contributed by atoms with Gasteiger partial charge < -0.3 is 24.8 Å². The zero-order valence-electron chi connectivity index (χ0n) is 15.3. The minimum Gasteiger partial charge on any atom is -0.497 e. The molecule has 8 heteroatoms. The van der Waals surface area contributed by atoms with E-state index in [9.17, 15) is 9.59 Å². The van der Waals surface area contributed by atoms with Crippen molar-refractivity contribution < 1.29 is 23.8 Å². The third-order valence-corrected chi connectivity index (χ3v) is 4.08. The number of nitrogens with one attached hydrogen (secondary N) is 2. The molecule has 2 amide bonds. The molecule has 2 aromatic rings. The fraction of sp³-hybridized carbons (Fsp3) is 0.263. The molecule has 2 rings (SSSR count). The Morgan fingerprint density at radius 2 is 1.59 bits per heavy atom. The van der Waals surface area contributed by atoms with Gasteiger partial charge in [-0.15, -0.1) is 0 Å². The first kappa shape index (κ1) is 20.4. The maximum Gasteiger partial charge on any atom is 0.313 e. The van der Waals surface area contributed by atoms with Gasteiger partial charge in [0.15, 0.2) is 0 Å². The van der Waals surface area contributed by atoms with Crippen LogP contribution in [0.15, 0.2) is 36.4 Å². The molecule has 0 aliphatic rings. The summed E-state index contributed by atoms with van der Waals surface area (Å²) in [6.45, 7) is 0.319. The third kappa shape index (κ3) is 5.52. The Hall–Kier alpha value is -2.93. The molecule has 0 aromatic heterocycles. The number of halogens is 1. The van der Waals surface area contributed by atoms with Gasteiger partial charge in [-0.05, 0) is 24.1 Å². The summed E-state index contributed by atoms with van der Waals surface area (Å²) in [6.07, 6.45) is 0.584. The van der Waals surface area contributed by atoms with Crippen LogP contribution in [0.5, 0.6) is 17.2 Å². The quantitative estimate of drug-likeness (QED) is 0.707. The fourth-order valence-electron chi connectivity index (χ4n) is 2.33. The number of amides is 2. The standard InChI is InChI=1S/C19H21ClN2O5/c1-25-13-6-4-12(5-7-13)8-9-21-18(23)19(24)22-15-11-16(26-2)14(20)10-17(15)27-3/h4-7,10-11H,8-9H2,1-3H3,(H,21,23)(H,22,24). The number of hydrogen-bond donors (Lipinski definition) is 2. The maximum atomic E-state index is 12.1. The van der Waals surface area contributed by atoms with Crippen molar-refractivity contribution in [3.8, 4) is 17.2 Å². The molecular weight excluding hydrogens is 372 g/mol. The van der Waals surface area contributed by atoms with E-state index >= 15 is 0 Å². The molecule has 0 heterocycles. The van der Waals surface area contributed by atoms with Gasteiger partial charge in [0.05, 0.1) is 32.0 Å². The molecule has 0 radical (unpaired) electrons. The molecule has 144 valence electrons. The molecule has 2 aromatic carbocycles. The molecule has 0 aliphatic heterocycles. The van der Waals surface area contributed by atoms with Crippen molar-refractivity contribution >= 4 is 29.1 Å². The van der Waals surface area contributed by atoms with Gasteiger partial charge in [0.1, 0.15) is 17.2 Å². The minimum atomic E-state index is -0.813. The van der Waals surface area contributed by atoms with Gasteiger partial charge >= 0.3 is 11.8 Å². The molecule has 7 nitrogen and oxygen atoms in total. The Morgan fingerprint density at radius 3 is 2.19 bits per heavy atom. The van der Waals surface area contributed by atoms with Crippen LogP contribution in [0.4, 0.5) is 5.69 Å². The molecule has 0 aliphatic carbocycles. The van der Waals surface area contributed by atoms with E-state index in [-0.39, 0.29) is 5.69 Å². The van der Waals surface area contributed by atoms with E-state index in [1.165, 1.54) is 26.4 Å². The summed E-state index contributed by atoms with van der Waals surface area (Å²) >= 11 is 6.02. The van der Waals surface area contributed by atoms with Gasteiger partial charge in [0, 0.05) is 18.7 Å². The number of carbonyl (C=O) groups excluding carboxylic acids is 2. The van der Waals surface area contributed by atoms with Gasteiger partial charge in [0.2, 0.25) is 0 Å². The maximum absolute atomic E-state index is 12.1. The average molecular weight is 393 g/mol. The topological polar surface area (TPSA) is 85.9 Å². The van der Waals surface area contributed by atoms with E-state index in [4.69, 9.17) is 25.8 Å². The lowest BCUT2D eigenvalue weighted by Crippen LogP contribution is -2.36. The number of carbonyl (C=O) groups is 2. The van der Waals surface area contributed by atoms with Crippen molar-refractivity contribution in [1.29, 1.82) is 0 Å². The van der Waals surface area contributed by atoms with Gasteiger partial charge in [-0.2, -0.15) is 0 Å². The number of benzene rings is 2. The molecule has 0 fully saturated rings. The Kier molecular flexibility index (Phi) is 7.31. The van der Waals surface area contributed by atoms with Crippen molar-refractivity contribution in [2.75, 3.05) is 33.2 Å². The lowest BCUT2D eigenvalue weighted by atomic mass is 10.1. The molecule has 0 atom stereocenters. The lowest BCUT2D eigenvalue weighted by Gasteiger charge is -2.13. The van der Waals surface area contributed by atoms with Crippen molar-refractivity contribution in [3.05, 3.63) is 47.0 Å². The Morgan fingerprint density at radius 1 is 0.926 bits per heavy atom. The first-order valence-corrected chi connectivity index (χ1v) is 8.50. The van der Waals surface area contributed by atoms with E-state index in [0.29, 0.717) is 29.5 Å². The van der Waals surface area contributed by atoms with Crippen LogP contribution in [0.1, 0.15) is 5.56 Å². The number of rotatable bonds is 7. The summed E-state index contributed by atoms with van der Waals surface area (Å²) in [4.78, 5) is 24.1. The molecule has 27 heavy (non-hydrogen) atoms. The zero-order chi connectivity index (χ0) is 19.8. The van der Waals surface area contributed by atoms with E-state index in [2.05, 4.69) is 10.6 Å². The predicted molar refractivity (Wildman–Crippen MR) is 103 cm³/mol. The van der Waals surface area contributed by atoms with E-state index < -0.39 is 11.8 Å². The van der Waals surface area contributed by atoms with Crippen LogP contribution in [0.3, 0.4) is 0 Å². The van der Waals surface area contributed by atoms with E-state index in [1.54, 1.807) is 7.11 Å². The summed E-state index contributed by atoms with van der Waals surface area (Å²) in [5.74, 6) is -0.130. The van der Waals surface area contributed by atoms with Crippen LogP contribution in [-0.4, -0.2) is 39.7 Å². The molecule has 0 unspecified atom stereocenters. The summed E-state index contributed by atoms with van der Waals surface area (Å²) in [6, 6.07) is 10.5. The van der Waals surface area contributed by atoms with Gasteiger partial charge in [-0.1, -0.05) is 23.7 Å². The molecule has 2 N–H and O–H groups in total. The van der Waals surface area contributed by atoms with Crippen LogP contribution in [0.2, 0.25) is 5.02 Å². The normalized spacial score (nSPS) is 10.1. The summed E-state index contributed by atoms with van der Waals surface area (Å²) in [7, 11) is 4.48. The Labute approximate surface area is 162 Å². The van der Waals surface area contributed by atoms with Crippen molar-refractivity contribution in [1.82, 2.24) is 5.32 Å². The molecule has 0 spiro atoms. The third-order valence-electron chi connectivity index (χ3n) is 3.79. The second-order valence-electron chi connectivity index (χ2n) is 5.50. The lowest BCUT2D eigenvalue weighted by molar-refractivity contribution is -0.136. The van der Waals surface area contributed by atoms with Crippen molar-refractivity contribution in [2.24, 2.45) is 0 Å². The number of methoxy groups -OCH3 is 3. The van der Waals surface area contributed by atoms with Crippen LogP contribution in [0, 0.1) is 0 Å². The van der Waals surface area contributed by atoms with E-state index in [0.717, 1.165) is 11.3 Å². The number of ether oxygens (including phenoxy) is 3. The second-order valence-corrected chi connectivity index (χ2v) is 5.90. The largest absolute Gasteiger partial charge is 0.497 e. The number of anilines is 1. The Bertz CT molecular complexity index is 808. The van der Waals surface area contributed by atoms with Crippen LogP contribution >= 0.6 is 11.6 Å². The average Bonchev–Trinajstić information content (AvgIpc) is 2.69. The van der Waals surface area contributed by atoms with E-state index in [1.807, 2.05) is 24.3 Å². The molecular formula is C19H21ClN2O5. The highest BCUT2D eigenvalue weighted by Gasteiger charge is 2.17. The van der Waals surface area contributed by atoms with Gasteiger partial charge in [-0.25, -0.2) is 0 Å². The highest BCUT2D eigenvalue weighted by atomic mass is 35.5. The van der Waals surface area contributed by atoms with Crippen LogP contribution in [-0.2, 0) is 16.0 Å². The number of hydrogen-bond acceptors (Lipinski definition) is 5. The van der Waals surface area contributed by atoms with Crippen molar-refractivity contribution in [2.45, 2.75) is 6.42 Å². The van der Waals surface area contributed by atoms with Crippen molar-refractivity contribution in [3.63, 3.8) is 0 Å². The van der Waals surface area contributed by atoms with Gasteiger partial charge in [-0.3, -0.25) is 9.59 Å². The molecule has 0 bridgehead atoms. The zero-order valence-corrected chi connectivity index (χ0v) is 16.1. The van der Waals surface area contributed by atoms with Crippen LogP contribution in [0.25, 0.3) is 0 Å². The molecule has 0 saturated carbocycles. The molecule has 0 saturated heterocycles. The minimum absolute atomic E-state index is 0.286. The summed E-state index contributed by atoms with van der Waals surface area (Å²) < 4.78 is 15.4. The highest BCUT2D eigenvalue weighted by Crippen LogP contribution is 2.35. The van der Waals surface area contributed by atoms with Crippen LogP contribution < -0.4 is 24.8 Å². The first-order chi connectivity index (χ1) is 13.0. The Balaban J connectivity index is 1.92. The monoisotopic (exact) mass is 392 g/mol. The smallest absolute Gasteiger partial charge is 0.313 e. The fourth-order valence-corrected chi connectivity index (χ4v) is 2.56. The summed E-state index contributed by atoms with van der Waals surface area (Å²) in [5.41, 5.74) is 1.30. The summed E-state index contributed by atoms with van der Waals surface area (Å²) in [5, 5.41) is 5.40. The highest BCUT2D eigenvalue weighted by molar-refractivity contribution is 6.40.